The molecule has 8 nitrogen and oxygen atoms in total. The zero-order chi connectivity index (χ0) is 25.0. The van der Waals surface area contributed by atoms with Gasteiger partial charge in [-0.2, -0.15) is 0 Å². The highest BCUT2D eigenvalue weighted by molar-refractivity contribution is 7.16. The van der Waals surface area contributed by atoms with Crippen LogP contribution in [0.1, 0.15) is 43.4 Å². The van der Waals surface area contributed by atoms with E-state index in [-0.39, 0.29) is 23.1 Å². The van der Waals surface area contributed by atoms with Crippen molar-refractivity contribution >= 4 is 27.5 Å². The molecule has 0 unspecified atom stereocenters. The molecule has 1 atom stereocenters. The fraction of sp³-hybridized carbons (Fsp3) is 0.462. The molecule has 4 N–H and O–H groups in total. The van der Waals surface area contributed by atoms with Crippen LogP contribution in [0.25, 0.3) is 10.2 Å². The van der Waals surface area contributed by atoms with Crippen molar-refractivity contribution in [1.29, 1.82) is 0 Å². The number of H-pyrrole nitrogens is 1. The van der Waals surface area contributed by atoms with Gasteiger partial charge in [-0.3, -0.25) is 9.59 Å². The van der Waals surface area contributed by atoms with Crippen LogP contribution in [0.3, 0.4) is 0 Å². The van der Waals surface area contributed by atoms with Crippen molar-refractivity contribution in [1.82, 2.24) is 15.2 Å². The number of aliphatic hydroxyl groups is 1. The second kappa shape index (κ2) is 14.0. The van der Waals surface area contributed by atoms with Crippen molar-refractivity contribution in [3.05, 3.63) is 63.3 Å². The number of aromatic amines is 1. The normalized spacial score (nSPS) is 12.2. The predicted octanol–water partition coefficient (Wildman–Crippen LogP) is 3.20. The van der Waals surface area contributed by atoms with E-state index in [2.05, 4.69) is 29.4 Å². The molecule has 3 aromatic rings. The first-order valence-electron chi connectivity index (χ1n) is 12.1. The minimum atomic E-state index is -0.845. The summed E-state index contributed by atoms with van der Waals surface area (Å²) < 4.78 is 6.23. The van der Waals surface area contributed by atoms with Crippen LogP contribution in [0, 0.1) is 0 Å². The molecule has 1 heterocycles. The lowest BCUT2D eigenvalue weighted by atomic mass is 10.1. The number of nitrogens with one attached hydrogen (secondary N) is 2. The fourth-order valence-electron chi connectivity index (χ4n) is 3.83. The van der Waals surface area contributed by atoms with Gasteiger partial charge in [-0.25, -0.2) is 0 Å². The number of benzene rings is 2. The monoisotopic (exact) mass is 501 g/mol. The molecular weight excluding hydrogens is 466 g/mol. The van der Waals surface area contributed by atoms with Crippen molar-refractivity contribution in [2.24, 2.45) is 0 Å². The van der Waals surface area contributed by atoms with Crippen LogP contribution >= 0.6 is 11.3 Å². The van der Waals surface area contributed by atoms with Crippen molar-refractivity contribution in [3.63, 3.8) is 0 Å². The van der Waals surface area contributed by atoms with E-state index in [0.717, 1.165) is 30.6 Å². The number of aromatic nitrogens is 1. The van der Waals surface area contributed by atoms with Gasteiger partial charge in [0, 0.05) is 31.7 Å². The standard InChI is InChI=1S/C26H35N3O5S/c1-2-3-14-29(23(32)12-17-34-16-11-19-7-5-4-6-8-19)15-13-27-18-22(31)20-9-10-21(30)24-25(20)35-26(33)28-24/h4-10,22,27,30-31H,2-3,11-18H2,1H3,(H,28,33)/t22-/m0/s1. The maximum absolute atomic E-state index is 12.7. The second-order valence-electron chi connectivity index (χ2n) is 8.44. The number of carbonyl (C=O) groups is 1. The summed E-state index contributed by atoms with van der Waals surface area (Å²) in [6.45, 7) is 5.12. The third kappa shape index (κ3) is 8.17. The Kier molecular flexibility index (Phi) is 10.7. The highest BCUT2D eigenvalue weighted by atomic mass is 32.1. The number of phenolic OH excluding ortho intramolecular Hbond substituents is 1. The first kappa shape index (κ1) is 26.9. The molecule has 1 amide bonds. The van der Waals surface area contributed by atoms with E-state index in [1.54, 1.807) is 6.07 Å². The summed E-state index contributed by atoms with van der Waals surface area (Å²) in [4.78, 5) is 28.6. The molecule has 0 aliphatic heterocycles. The van der Waals surface area contributed by atoms with Crippen LogP contribution in [-0.2, 0) is 16.0 Å². The molecule has 2 aromatic carbocycles. The number of carbonyl (C=O) groups excluding carboxylic acids is 1. The lowest BCUT2D eigenvalue weighted by molar-refractivity contribution is -0.132. The molecule has 0 radical (unpaired) electrons. The van der Waals surface area contributed by atoms with Gasteiger partial charge in [0.05, 0.1) is 30.4 Å². The Balaban J connectivity index is 1.41. The van der Waals surface area contributed by atoms with Crippen molar-refractivity contribution < 1.29 is 19.7 Å². The first-order valence-corrected chi connectivity index (χ1v) is 12.9. The van der Waals surface area contributed by atoms with Gasteiger partial charge in [-0.15, -0.1) is 0 Å². The highest BCUT2D eigenvalue weighted by Gasteiger charge is 2.17. The van der Waals surface area contributed by atoms with Crippen LogP contribution < -0.4 is 10.2 Å². The number of hydrogen-bond donors (Lipinski definition) is 4. The van der Waals surface area contributed by atoms with Crippen LogP contribution in [0.2, 0.25) is 0 Å². The summed E-state index contributed by atoms with van der Waals surface area (Å²) in [6.07, 6.45) is 2.26. The molecule has 3 rings (SSSR count). The van der Waals surface area contributed by atoms with Crippen LogP contribution in [0.4, 0.5) is 0 Å². The molecule has 1 aromatic heterocycles. The van der Waals surface area contributed by atoms with Gasteiger partial charge in [-0.05, 0) is 24.5 Å². The molecule has 0 saturated heterocycles. The molecule has 190 valence electrons. The van der Waals surface area contributed by atoms with Gasteiger partial charge in [-0.1, -0.05) is 61.1 Å². The SMILES string of the molecule is CCCCN(CCNC[C@H](O)c1ccc(O)c2[nH]c(=O)sc12)C(=O)CCOCCc1ccccc1. The average Bonchev–Trinajstić information content (AvgIpc) is 3.26. The number of hydrogen-bond acceptors (Lipinski definition) is 7. The third-order valence-corrected chi connectivity index (χ3v) is 6.75. The Bertz CT molecular complexity index is 1120. The molecule has 0 fully saturated rings. The minimum Gasteiger partial charge on any atom is -0.506 e. The van der Waals surface area contributed by atoms with Gasteiger partial charge < -0.3 is 30.2 Å². The summed E-state index contributed by atoms with van der Waals surface area (Å²) >= 11 is 0.964. The van der Waals surface area contributed by atoms with Gasteiger partial charge >= 0.3 is 4.87 Å². The molecular formula is C26H35N3O5S. The van der Waals surface area contributed by atoms with Gasteiger partial charge in [0.25, 0.3) is 0 Å². The van der Waals surface area contributed by atoms with Crippen LogP contribution in [0.15, 0.2) is 47.3 Å². The molecule has 0 bridgehead atoms. The largest absolute Gasteiger partial charge is 0.506 e. The molecule has 0 saturated carbocycles. The van der Waals surface area contributed by atoms with E-state index < -0.39 is 6.10 Å². The number of aromatic hydroxyl groups is 1. The van der Waals surface area contributed by atoms with Crippen LogP contribution in [0.5, 0.6) is 5.75 Å². The predicted molar refractivity (Wildman–Crippen MR) is 139 cm³/mol. The molecule has 0 aliphatic carbocycles. The first-order chi connectivity index (χ1) is 17.0. The van der Waals surface area contributed by atoms with E-state index in [0.29, 0.717) is 55.0 Å². The Labute approximate surface area is 209 Å². The maximum Gasteiger partial charge on any atom is 0.305 e. The third-order valence-electron chi connectivity index (χ3n) is 5.82. The van der Waals surface area contributed by atoms with Crippen molar-refractivity contribution in [3.8, 4) is 5.75 Å². The smallest absolute Gasteiger partial charge is 0.305 e. The summed E-state index contributed by atoms with van der Waals surface area (Å²) in [5, 5.41) is 23.8. The fourth-order valence-corrected chi connectivity index (χ4v) is 4.75. The number of ether oxygens (including phenoxy) is 1. The van der Waals surface area contributed by atoms with Crippen LogP contribution in [-0.4, -0.2) is 65.4 Å². The summed E-state index contributed by atoms with van der Waals surface area (Å²) in [6, 6.07) is 13.2. The quantitative estimate of drug-likeness (QED) is 0.238. The summed E-state index contributed by atoms with van der Waals surface area (Å²) in [5.74, 6) is 0.0502. The van der Waals surface area contributed by atoms with Gasteiger partial charge in [0.2, 0.25) is 5.91 Å². The van der Waals surface area contributed by atoms with E-state index in [9.17, 15) is 19.8 Å². The van der Waals surface area contributed by atoms with Gasteiger partial charge in [0.1, 0.15) is 11.3 Å². The number of unbranched alkanes of at least 4 members (excludes halogenated alkanes) is 1. The Morgan fingerprint density at radius 1 is 1.17 bits per heavy atom. The Morgan fingerprint density at radius 2 is 1.97 bits per heavy atom. The summed E-state index contributed by atoms with van der Waals surface area (Å²) in [7, 11) is 0. The minimum absolute atomic E-state index is 0.0172. The number of thiazole rings is 1. The molecule has 0 spiro atoms. The van der Waals surface area contributed by atoms with Crippen molar-refractivity contribution in [2.75, 3.05) is 39.4 Å². The molecule has 9 heteroatoms. The lowest BCUT2D eigenvalue weighted by Gasteiger charge is -2.23. The van der Waals surface area contributed by atoms with Gasteiger partial charge in [0.15, 0.2) is 0 Å². The average molecular weight is 502 g/mol. The number of rotatable bonds is 15. The maximum atomic E-state index is 12.7. The van der Waals surface area contributed by atoms with Crippen molar-refractivity contribution in [2.45, 2.75) is 38.7 Å². The molecule has 35 heavy (non-hydrogen) atoms. The lowest BCUT2D eigenvalue weighted by Crippen LogP contribution is -2.38. The summed E-state index contributed by atoms with van der Waals surface area (Å²) in [5.41, 5.74) is 2.15. The zero-order valence-corrected chi connectivity index (χ0v) is 21.0. The number of amides is 1. The number of aliphatic hydroxyl groups excluding tert-OH is 1. The van der Waals surface area contributed by atoms with E-state index in [4.69, 9.17) is 4.74 Å². The number of nitrogens with zero attached hydrogens (tertiary/aromatic N) is 1. The Morgan fingerprint density at radius 3 is 2.74 bits per heavy atom. The molecule has 0 aliphatic rings. The second-order valence-corrected chi connectivity index (χ2v) is 9.43. The number of phenols is 1. The number of fused-ring (bicyclic) bond motifs is 1. The van der Waals surface area contributed by atoms with E-state index >= 15 is 0 Å². The van der Waals surface area contributed by atoms with E-state index in [1.165, 1.54) is 11.6 Å². The Hall–Kier alpha value is -2.72. The topological polar surface area (TPSA) is 115 Å². The highest BCUT2D eigenvalue weighted by Crippen LogP contribution is 2.31. The van der Waals surface area contributed by atoms with E-state index in [1.807, 2.05) is 23.1 Å². The zero-order valence-electron chi connectivity index (χ0n) is 20.2.